The summed E-state index contributed by atoms with van der Waals surface area (Å²) in [5.74, 6) is 0.203. The number of hydrogen-bond acceptors (Lipinski definition) is 9. The Kier molecular flexibility index (Phi) is 11.2. The third-order valence-electron chi connectivity index (χ3n) is 5.58. The van der Waals surface area contributed by atoms with Crippen molar-refractivity contribution in [2.24, 2.45) is 5.41 Å². The molecule has 15 heteroatoms. The molecule has 0 unspecified atom stereocenters. The molecular formula is C29H35ClF3N7O4. The molecule has 0 fully saturated rings. The number of carbonyl (C=O) groups is 2. The number of pyridine rings is 1. The summed E-state index contributed by atoms with van der Waals surface area (Å²) in [6, 6.07) is 11.0. The summed E-state index contributed by atoms with van der Waals surface area (Å²) in [6.45, 7) is 8.33. The number of benzene rings is 1. The van der Waals surface area contributed by atoms with Crippen molar-refractivity contribution in [1.82, 2.24) is 25.6 Å². The molecule has 0 spiro atoms. The first kappa shape index (κ1) is 34.2. The minimum Gasteiger partial charge on any atom is -0.454 e. The second kappa shape index (κ2) is 14.4. The molecule has 0 saturated heterocycles. The second-order valence-corrected chi connectivity index (χ2v) is 12.0. The first-order chi connectivity index (χ1) is 20.5. The van der Waals surface area contributed by atoms with Gasteiger partial charge in [0.15, 0.2) is 6.61 Å². The standard InChI is InChI=1S/C29H35ClF3N7O4/c1-27(2,3)44-26(42)37-16-28(4,5)15-36-24(41)19-8-11-21(35-14-19)38-23-12-22(34-13-18-6-9-20(30)10-7-18)39-25(40-23)43-17-29(31,32)33/h6-12,14H,13,15-17H2,1-5H3,(H,36,41)(H,37,42)(H2,34,35,38,39,40). The highest BCUT2D eigenvalue weighted by Gasteiger charge is 2.29. The number of alkyl halides is 3. The van der Waals surface area contributed by atoms with E-state index in [1.807, 2.05) is 13.8 Å². The van der Waals surface area contributed by atoms with Crippen LogP contribution in [0.4, 0.5) is 35.4 Å². The van der Waals surface area contributed by atoms with Crippen LogP contribution in [-0.2, 0) is 11.3 Å². The van der Waals surface area contributed by atoms with E-state index in [-0.39, 0.29) is 42.0 Å². The van der Waals surface area contributed by atoms with Gasteiger partial charge in [0.05, 0.1) is 5.56 Å². The molecule has 3 aromatic rings. The van der Waals surface area contributed by atoms with Gasteiger partial charge < -0.3 is 30.7 Å². The Morgan fingerprint density at radius 1 is 0.886 bits per heavy atom. The second-order valence-electron chi connectivity index (χ2n) is 11.6. The van der Waals surface area contributed by atoms with Crippen molar-refractivity contribution < 1.29 is 32.2 Å². The molecule has 1 aromatic carbocycles. The summed E-state index contributed by atoms with van der Waals surface area (Å²) < 4.78 is 48.3. The third kappa shape index (κ3) is 12.5. The molecule has 238 valence electrons. The monoisotopic (exact) mass is 637 g/mol. The zero-order valence-electron chi connectivity index (χ0n) is 24.9. The fourth-order valence-corrected chi connectivity index (χ4v) is 3.55. The van der Waals surface area contributed by atoms with E-state index in [2.05, 4.69) is 36.2 Å². The fraction of sp³-hybridized carbons (Fsp3) is 0.414. The maximum absolute atomic E-state index is 12.8. The van der Waals surface area contributed by atoms with Crippen molar-refractivity contribution in [1.29, 1.82) is 0 Å². The molecule has 0 bridgehead atoms. The molecule has 2 heterocycles. The third-order valence-corrected chi connectivity index (χ3v) is 5.83. The van der Waals surface area contributed by atoms with Gasteiger partial charge in [-0.1, -0.05) is 37.6 Å². The number of rotatable bonds is 12. The Labute approximate surface area is 258 Å². The van der Waals surface area contributed by atoms with Gasteiger partial charge in [-0.2, -0.15) is 23.1 Å². The van der Waals surface area contributed by atoms with Gasteiger partial charge in [0, 0.05) is 36.9 Å². The lowest BCUT2D eigenvalue weighted by Crippen LogP contribution is -2.43. The van der Waals surface area contributed by atoms with Gasteiger partial charge in [0.2, 0.25) is 0 Å². The lowest BCUT2D eigenvalue weighted by atomic mass is 9.93. The molecule has 0 atom stereocenters. The van der Waals surface area contributed by atoms with Crippen LogP contribution in [0.1, 0.15) is 50.5 Å². The number of carbonyl (C=O) groups excluding carboxylic acids is 2. The fourth-order valence-electron chi connectivity index (χ4n) is 3.43. The average molecular weight is 638 g/mol. The zero-order valence-corrected chi connectivity index (χ0v) is 25.7. The Hall–Kier alpha value is -4.33. The SMILES string of the molecule is CC(C)(CNC(=O)OC(C)(C)C)CNC(=O)c1ccc(Nc2cc(NCc3ccc(Cl)cc3)nc(OCC(F)(F)F)n2)nc1. The minimum atomic E-state index is -4.58. The van der Waals surface area contributed by atoms with Gasteiger partial charge in [-0.3, -0.25) is 4.79 Å². The molecule has 0 aliphatic rings. The zero-order chi connectivity index (χ0) is 32.5. The number of alkyl carbamates (subject to hydrolysis) is 1. The van der Waals surface area contributed by atoms with E-state index in [9.17, 15) is 22.8 Å². The van der Waals surface area contributed by atoms with Crippen LogP contribution in [0.25, 0.3) is 0 Å². The van der Waals surface area contributed by atoms with Gasteiger partial charge in [-0.05, 0) is 56.0 Å². The van der Waals surface area contributed by atoms with Gasteiger partial charge in [-0.15, -0.1) is 0 Å². The molecule has 44 heavy (non-hydrogen) atoms. The average Bonchev–Trinajstić information content (AvgIpc) is 2.93. The van der Waals surface area contributed by atoms with Crippen LogP contribution in [0.15, 0.2) is 48.7 Å². The molecule has 2 aromatic heterocycles. The van der Waals surface area contributed by atoms with Crippen molar-refractivity contribution in [3.8, 4) is 6.01 Å². The van der Waals surface area contributed by atoms with Crippen LogP contribution in [-0.4, -0.2) is 58.4 Å². The largest absolute Gasteiger partial charge is 0.454 e. The minimum absolute atomic E-state index is 0.111. The first-order valence-electron chi connectivity index (χ1n) is 13.5. The van der Waals surface area contributed by atoms with Crippen molar-refractivity contribution in [3.63, 3.8) is 0 Å². The van der Waals surface area contributed by atoms with Gasteiger partial charge in [0.25, 0.3) is 5.91 Å². The Balaban J connectivity index is 1.62. The quantitative estimate of drug-likeness (QED) is 0.185. The maximum atomic E-state index is 12.8. The molecule has 11 nitrogen and oxygen atoms in total. The molecule has 2 amide bonds. The lowest BCUT2D eigenvalue weighted by molar-refractivity contribution is -0.154. The predicted molar refractivity (Wildman–Crippen MR) is 160 cm³/mol. The number of amides is 2. The highest BCUT2D eigenvalue weighted by molar-refractivity contribution is 6.30. The highest BCUT2D eigenvalue weighted by atomic mass is 35.5. The van der Waals surface area contributed by atoms with Crippen LogP contribution < -0.4 is 26.0 Å². The van der Waals surface area contributed by atoms with E-state index in [1.165, 1.54) is 24.4 Å². The number of halogens is 4. The van der Waals surface area contributed by atoms with Gasteiger partial charge in [-0.25, -0.2) is 9.78 Å². The van der Waals surface area contributed by atoms with Crippen LogP contribution >= 0.6 is 11.6 Å². The van der Waals surface area contributed by atoms with Gasteiger partial charge >= 0.3 is 18.3 Å². The van der Waals surface area contributed by atoms with E-state index < -0.39 is 35.9 Å². The van der Waals surface area contributed by atoms with Crippen LogP contribution in [0, 0.1) is 5.41 Å². The van der Waals surface area contributed by atoms with Crippen molar-refractivity contribution in [3.05, 3.63) is 64.8 Å². The van der Waals surface area contributed by atoms with E-state index >= 15 is 0 Å². The lowest BCUT2D eigenvalue weighted by Gasteiger charge is -2.26. The predicted octanol–water partition coefficient (Wildman–Crippen LogP) is 6.10. The van der Waals surface area contributed by atoms with Crippen LogP contribution in [0.2, 0.25) is 5.02 Å². The van der Waals surface area contributed by atoms with Crippen molar-refractivity contribution >= 4 is 41.1 Å². The summed E-state index contributed by atoms with van der Waals surface area (Å²) in [4.78, 5) is 36.9. The van der Waals surface area contributed by atoms with Gasteiger partial charge in [0.1, 0.15) is 23.1 Å². The summed E-state index contributed by atoms with van der Waals surface area (Å²) in [5, 5.41) is 12.0. The summed E-state index contributed by atoms with van der Waals surface area (Å²) in [5.41, 5.74) is 0.0384. The van der Waals surface area contributed by atoms with Crippen LogP contribution in [0.3, 0.4) is 0 Å². The van der Waals surface area contributed by atoms with Crippen molar-refractivity contribution in [2.75, 3.05) is 30.3 Å². The number of hydrogen-bond donors (Lipinski definition) is 4. The van der Waals surface area contributed by atoms with Crippen LogP contribution in [0.5, 0.6) is 6.01 Å². The van der Waals surface area contributed by atoms with E-state index in [0.717, 1.165) is 5.56 Å². The summed E-state index contributed by atoms with van der Waals surface area (Å²) in [7, 11) is 0. The van der Waals surface area contributed by atoms with E-state index in [4.69, 9.17) is 21.1 Å². The maximum Gasteiger partial charge on any atom is 0.422 e. The van der Waals surface area contributed by atoms with E-state index in [1.54, 1.807) is 45.0 Å². The number of nitrogens with zero attached hydrogens (tertiary/aromatic N) is 3. The number of aromatic nitrogens is 3. The first-order valence-corrected chi connectivity index (χ1v) is 13.9. The Bertz CT molecular complexity index is 1410. The normalized spacial score (nSPS) is 11.8. The van der Waals surface area contributed by atoms with Crippen molar-refractivity contribution in [2.45, 2.75) is 52.9 Å². The molecule has 0 aliphatic carbocycles. The Morgan fingerprint density at radius 3 is 2.16 bits per heavy atom. The summed E-state index contributed by atoms with van der Waals surface area (Å²) in [6.07, 6.45) is -3.78. The smallest absolute Gasteiger partial charge is 0.422 e. The number of anilines is 3. The molecule has 0 radical (unpaired) electrons. The summed E-state index contributed by atoms with van der Waals surface area (Å²) >= 11 is 5.91. The molecular weight excluding hydrogens is 603 g/mol. The molecule has 0 saturated carbocycles. The topological polar surface area (TPSA) is 139 Å². The highest BCUT2D eigenvalue weighted by Crippen LogP contribution is 2.23. The number of nitrogens with one attached hydrogen (secondary N) is 4. The van der Waals surface area contributed by atoms with E-state index in [0.29, 0.717) is 11.6 Å². The molecule has 3 rings (SSSR count). The Morgan fingerprint density at radius 2 is 1.55 bits per heavy atom. The molecule has 4 N–H and O–H groups in total. The number of ether oxygens (including phenoxy) is 2. The molecule has 0 aliphatic heterocycles.